The molecule has 2 rings (SSSR count). The van der Waals surface area contributed by atoms with Crippen molar-refractivity contribution in [3.63, 3.8) is 0 Å². The van der Waals surface area contributed by atoms with Crippen molar-refractivity contribution in [2.24, 2.45) is 0 Å². The first-order chi connectivity index (χ1) is 10.2. The minimum atomic E-state index is -0.346. The average Bonchev–Trinajstić information content (AvgIpc) is 2.49. The standard InChI is InChI=1S/C14H16N4O2S/c1-3-20-14-15-8-11(9-16-14)18-13(19)17-10-5-4-6-12(7-10)21-2/h4-9H,3H2,1-2H3,(H2,17,18,19). The van der Waals surface area contributed by atoms with Crippen LogP contribution < -0.4 is 15.4 Å². The Kier molecular flexibility index (Phi) is 5.39. The van der Waals surface area contributed by atoms with Gasteiger partial charge < -0.3 is 15.4 Å². The van der Waals surface area contributed by atoms with Crippen molar-refractivity contribution in [1.29, 1.82) is 0 Å². The van der Waals surface area contributed by atoms with Gasteiger partial charge in [-0.2, -0.15) is 0 Å². The van der Waals surface area contributed by atoms with Gasteiger partial charge in [0.05, 0.1) is 24.7 Å². The number of ether oxygens (including phenoxy) is 1. The maximum Gasteiger partial charge on any atom is 0.323 e. The van der Waals surface area contributed by atoms with Gasteiger partial charge in [-0.05, 0) is 31.4 Å². The van der Waals surface area contributed by atoms with Crippen molar-refractivity contribution in [3.05, 3.63) is 36.7 Å². The number of hydrogen-bond donors (Lipinski definition) is 2. The molecule has 2 amide bonds. The van der Waals surface area contributed by atoms with Gasteiger partial charge >= 0.3 is 12.0 Å². The molecule has 0 bridgehead atoms. The number of aromatic nitrogens is 2. The Morgan fingerprint density at radius 1 is 1.24 bits per heavy atom. The first-order valence-corrected chi connectivity index (χ1v) is 7.60. The third-order valence-electron chi connectivity index (χ3n) is 2.49. The molecule has 1 aromatic heterocycles. The minimum absolute atomic E-state index is 0.288. The van der Waals surface area contributed by atoms with Crippen molar-refractivity contribution >= 4 is 29.2 Å². The largest absolute Gasteiger partial charge is 0.464 e. The number of amides is 2. The molecule has 2 aromatic rings. The summed E-state index contributed by atoms with van der Waals surface area (Å²) < 4.78 is 5.13. The number of rotatable bonds is 5. The number of urea groups is 1. The normalized spacial score (nSPS) is 10.0. The predicted octanol–water partition coefficient (Wildman–Crippen LogP) is 3.24. The van der Waals surface area contributed by atoms with Crippen LogP contribution in [-0.4, -0.2) is 28.9 Å². The monoisotopic (exact) mass is 304 g/mol. The number of nitrogens with one attached hydrogen (secondary N) is 2. The maximum atomic E-state index is 11.9. The van der Waals surface area contributed by atoms with Gasteiger partial charge in [0.2, 0.25) is 0 Å². The van der Waals surface area contributed by atoms with Crippen LogP contribution in [0.3, 0.4) is 0 Å². The number of carbonyl (C=O) groups excluding carboxylic acids is 1. The highest BCUT2D eigenvalue weighted by molar-refractivity contribution is 7.98. The lowest BCUT2D eigenvalue weighted by Crippen LogP contribution is -2.19. The smallest absolute Gasteiger partial charge is 0.323 e. The van der Waals surface area contributed by atoms with Crippen LogP contribution in [0, 0.1) is 0 Å². The fourth-order valence-electron chi connectivity index (χ4n) is 1.58. The van der Waals surface area contributed by atoms with E-state index < -0.39 is 0 Å². The highest BCUT2D eigenvalue weighted by Gasteiger charge is 2.04. The van der Waals surface area contributed by atoms with Crippen LogP contribution in [0.1, 0.15) is 6.92 Å². The molecule has 0 aliphatic heterocycles. The number of nitrogens with zero attached hydrogens (tertiary/aromatic N) is 2. The number of carbonyl (C=O) groups is 1. The van der Waals surface area contributed by atoms with Crippen molar-refractivity contribution in [3.8, 4) is 6.01 Å². The summed E-state index contributed by atoms with van der Waals surface area (Å²) in [6.07, 6.45) is 4.97. The van der Waals surface area contributed by atoms with Crippen LogP contribution >= 0.6 is 11.8 Å². The third-order valence-corrected chi connectivity index (χ3v) is 3.21. The Labute approximate surface area is 127 Å². The van der Waals surface area contributed by atoms with Crippen LogP contribution in [-0.2, 0) is 0 Å². The summed E-state index contributed by atoms with van der Waals surface area (Å²) in [6.45, 7) is 2.35. The molecule has 0 aliphatic carbocycles. The summed E-state index contributed by atoms with van der Waals surface area (Å²) in [5.74, 6) is 0. The molecule has 0 aliphatic rings. The molecule has 0 atom stereocenters. The molecule has 0 unspecified atom stereocenters. The quantitative estimate of drug-likeness (QED) is 0.829. The van der Waals surface area contributed by atoms with Gasteiger partial charge in [0.15, 0.2) is 0 Å². The van der Waals surface area contributed by atoms with E-state index in [9.17, 15) is 4.79 Å². The zero-order valence-electron chi connectivity index (χ0n) is 11.8. The lowest BCUT2D eigenvalue weighted by Gasteiger charge is -2.08. The Morgan fingerprint density at radius 3 is 2.62 bits per heavy atom. The molecule has 0 radical (unpaired) electrons. The van der Waals surface area contributed by atoms with Crippen LogP contribution in [0.2, 0.25) is 0 Å². The molecule has 110 valence electrons. The SMILES string of the molecule is CCOc1ncc(NC(=O)Nc2cccc(SC)c2)cn1. The molecule has 1 heterocycles. The summed E-state index contributed by atoms with van der Waals surface area (Å²) in [5, 5.41) is 5.41. The van der Waals surface area contributed by atoms with Crippen molar-refractivity contribution in [2.45, 2.75) is 11.8 Å². The molecular formula is C14H16N4O2S. The number of hydrogen-bond acceptors (Lipinski definition) is 5. The molecule has 7 heteroatoms. The van der Waals surface area contributed by atoms with Crippen LogP contribution in [0.5, 0.6) is 6.01 Å². The third kappa shape index (κ3) is 4.64. The van der Waals surface area contributed by atoms with Crippen molar-refractivity contribution in [2.75, 3.05) is 23.5 Å². The van der Waals surface area contributed by atoms with E-state index in [1.54, 1.807) is 11.8 Å². The Balaban J connectivity index is 1.94. The van der Waals surface area contributed by atoms with E-state index in [-0.39, 0.29) is 12.0 Å². The fraction of sp³-hybridized carbons (Fsp3) is 0.214. The summed E-state index contributed by atoms with van der Waals surface area (Å²) in [5.41, 5.74) is 1.23. The van der Waals surface area contributed by atoms with Gasteiger partial charge in [0, 0.05) is 10.6 Å². The molecule has 0 saturated heterocycles. The molecule has 0 spiro atoms. The zero-order valence-corrected chi connectivity index (χ0v) is 12.6. The van der Waals surface area contributed by atoms with Gasteiger partial charge in [-0.15, -0.1) is 11.8 Å². The Morgan fingerprint density at radius 2 is 1.95 bits per heavy atom. The number of benzene rings is 1. The second kappa shape index (κ2) is 7.49. The average molecular weight is 304 g/mol. The molecule has 2 N–H and O–H groups in total. The van der Waals surface area contributed by atoms with E-state index in [0.717, 1.165) is 10.6 Å². The van der Waals surface area contributed by atoms with E-state index in [1.807, 2.05) is 37.4 Å². The van der Waals surface area contributed by atoms with Gasteiger partial charge in [-0.1, -0.05) is 6.07 Å². The second-order valence-electron chi connectivity index (χ2n) is 4.00. The predicted molar refractivity (Wildman–Crippen MR) is 84.1 cm³/mol. The summed E-state index contributed by atoms with van der Waals surface area (Å²) in [4.78, 5) is 20.9. The molecular weight excluding hydrogens is 288 g/mol. The van der Waals surface area contributed by atoms with Gasteiger partial charge in [0.1, 0.15) is 0 Å². The highest BCUT2D eigenvalue weighted by atomic mass is 32.2. The molecule has 0 fully saturated rings. The van der Waals surface area contributed by atoms with Gasteiger partial charge in [-0.3, -0.25) is 0 Å². The van der Waals surface area contributed by atoms with Crippen molar-refractivity contribution < 1.29 is 9.53 Å². The van der Waals surface area contributed by atoms with Gasteiger partial charge in [0.25, 0.3) is 0 Å². The number of thioether (sulfide) groups is 1. The molecule has 0 saturated carbocycles. The van der Waals surface area contributed by atoms with Crippen LogP contribution in [0.4, 0.5) is 16.2 Å². The van der Waals surface area contributed by atoms with E-state index in [4.69, 9.17) is 4.74 Å². The van der Waals surface area contributed by atoms with E-state index in [2.05, 4.69) is 20.6 Å². The maximum absolute atomic E-state index is 11.9. The minimum Gasteiger partial charge on any atom is -0.464 e. The Hall–Kier alpha value is -2.28. The summed E-state index contributed by atoms with van der Waals surface area (Å²) >= 11 is 1.61. The van der Waals surface area contributed by atoms with Crippen LogP contribution in [0.25, 0.3) is 0 Å². The first-order valence-electron chi connectivity index (χ1n) is 6.38. The van der Waals surface area contributed by atoms with E-state index in [0.29, 0.717) is 12.3 Å². The van der Waals surface area contributed by atoms with E-state index in [1.165, 1.54) is 12.4 Å². The summed E-state index contributed by atoms with van der Waals surface area (Å²) in [6, 6.07) is 7.54. The van der Waals surface area contributed by atoms with Crippen molar-refractivity contribution in [1.82, 2.24) is 9.97 Å². The fourth-order valence-corrected chi connectivity index (χ4v) is 2.04. The zero-order chi connectivity index (χ0) is 15.1. The molecule has 1 aromatic carbocycles. The number of anilines is 2. The highest BCUT2D eigenvalue weighted by Crippen LogP contribution is 2.19. The summed E-state index contributed by atoms with van der Waals surface area (Å²) in [7, 11) is 0. The lowest BCUT2D eigenvalue weighted by atomic mass is 10.3. The van der Waals surface area contributed by atoms with Crippen LogP contribution in [0.15, 0.2) is 41.6 Å². The molecule has 6 nitrogen and oxygen atoms in total. The molecule has 21 heavy (non-hydrogen) atoms. The van der Waals surface area contributed by atoms with E-state index >= 15 is 0 Å². The first kappa shape index (κ1) is 15.1. The lowest BCUT2D eigenvalue weighted by molar-refractivity contribution is 0.262. The van der Waals surface area contributed by atoms with Gasteiger partial charge in [-0.25, -0.2) is 14.8 Å². The topological polar surface area (TPSA) is 76.1 Å². The second-order valence-corrected chi connectivity index (χ2v) is 4.88. The Bertz CT molecular complexity index is 604.